The molecule has 0 radical (unpaired) electrons. The fraction of sp³-hybridized carbons (Fsp3) is 0.867. The van der Waals surface area contributed by atoms with E-state index in [0.29, 0.717) is 26.2 Å². The predicted molar refractivity (Wildman–Crippen MR) is 80.5 cm³/mol. The van der Waals surface area contributed by atoms with Gasteiger partial charge in [0.05, 0.1) is 0 Å². The summed E-state index contributed by atoms with van der Waals surface area (Å²) in [4.78, 5) is 28.2. The first-order chi connectivity index (χ1) is 9.70. The second-order valence-electron chi connectivity index (χ2n) is 5.40. The Morgan fingerprint density at radius 3 is 2.30 bits per heavy atom. The van der Waals surface area contributed by atoms with Crippen LogP contribution in [0.3, 0.4) is 0 Å². The lowest BCUT2D eigenvalue weighted by atomic mass is 10.2. The molecule has 5 nitrogen and oxygen atoms in total. The quantitative estimate of drug-likeness (QED) is 0.746. The Bertz CT molecular complexity index is 291. The van der Waals surface area contributed by atoms with Crippen molar-refractivity contribution in [2.75, 3.05) is 39.3 Å². The maximum Gasteiger partial charge on any atom is 0.312 e. The highest BCUT2D eigenvalue weighted by Gasteiger charge is 2.26. The average Bonchev–Trinajstić information content (AvgIpc) is 2.75. The minimum Gasteiger partial charge on any atom is -0.334 e. The highest BCUT2D eigenvalue weighted by Crippen LogP contribution is 2.04. The van der Waals surface area contributed by atoms with E-state index in [1.807, 2.05) is 0 Å². The SMILES string of the molecule is CCCCN(CCCC)C(=O)C(=O)N1CCCNCC1. The number of hydrogen-bond donors (Lipinski definition) is 1. The topological polar surface area (TPSA) is 52.7 Å². The molecule has 20 heavy (non-hydrogen) atoms. The zero-order chi connectivity index (χ0) is 14.8. The number of nitrogens with one attached hydrogen (secondary N) is 1. The van der Waals surface area contributed by atoms with Gasteiger partial charge in [-0.1, -0.05) is 26.7 Å². The van der Waals surface area contributed by atoms with Gasteiger partial charge in [-0.25, -0.2) is 0 Å². The summed E-state index contributed by atoms with van der Waals surface area (Å²) < 4.78 is 0. The van der Waals surface area contributed by atoms with E-state index in [-0.39, 0.29) is 11.8 Å². The summed E-state index contributed by atoms with van der Waals surface area (Å²) in [5, 5.41) is 3.25. The molecule has 0 aliphatic carbocycles. The number of hydrogen-bond acceptors (Lipinski definition) is 3. The van der Waals surface area contributed by atoms with Crippen LogP contribution < -0.4 is 5.32 Å². The second-order valence-corrected chi connectivity index (χ2v) is 5.40. The lowest BCUT2D eigenvalue weighted by Gasteiger charge is -2.26. The van der Waals surface area contributed by atoms with Crippen molar-refractivity contribution in [2.45, 2.75) is 46.0 Å². The van der Waals surface area contributed by atoms with Gasteiger partial charge in [-0.15, -0.1) is 0 Å². The van der Waals surface area contributed by atoms with Crippen molar-refractivity contribution in [3.63, 3.8) is 0 Å². The number of amides is 2. The van der Waals surface area contributed by atoms with E-state index in [1.54, 1.807) is 9.80 Å². The Kier molecular flexibility index (Phi) is 8.26. The number of nitrogens with zero attached hydrogens (tertiary/aromatic N) is 2. The Hall–Kier alpha value is -1.10. The minimum absolute atomic E-state index is 0.311. The molecule has 0 aromatic heterocycles. The summed E-state index contributed by atoms with van der Waals surface area (Å²) in [5.74, 6) is -0.630. The Balaban J connectivity index is 2.58. The summed E-state index contributed by atoms with van der Waals surface area (Å²) in [6.07, 6.45) is 4.92. The molecule has 1 rings (SSSR count). The van der Waals surface area contributed by atoms with Crippen molar-refractivity contribution in [3.8, 4) is 0 Å². The molecular weight excluding hydrogens is 254 g/mol. The van der Waals surface area contributed by atoms with Crippen molar-refractivity contribution in [2.24, 2.45) is 0 Å². The maximum atomic E-state index is 12.4. The molecule has 0 aromatic carbocycles. The predicted octanol–water partition coefficient (Wildman–Crippen LogP) is 1.24. The van der Waals surface area contributed by atoms with Crippen LogP contribution in [0.5, 0.6) is 0 Å². The summed E-state index contributed by atoms with van der Waals surface area (Å²) in [6, 6.07) is 0. The summed E-state index contributed by atoms with van der Waals surface area (Å²) in [6.45, 7) is 8.64. The van der Waals surface area contributed by atoms with E-state index >= 15 is 0 Å². The summed E-state index contributed by atoms with van der Waals surface area (Å²) in [5.41, 5.74) is 0. The van der Waals surface area contributed by atoms with E-state index in [0.717, 1.165) is 45.2 Å². The molecule has 0 unspecified atom stereocenters. The first-order valence-electron chi connectivity index (χ1n) is 7.99. The van der Waals surface area contributed by atoms with Gasteiger partial charge in [0.1, 0.15) is 0 Å². The van der Waals surface area contributed by atoms with E-state index in [9.17, 15) is 9.59 Å². The average molecular weight is 283 g/mol. The second kappa shape index (κ2) is 9.75. The van der Waals surface area contributed by atoms with Crippen LogP contribution in [0, 0.1) is 0 Å². The van der Waals surface area contributed by atoms with Gasteiger partial charge in [0.15, 0.2) is 0 Å². The van der Waals surface area contributed by atoms with Gasteiger partial charge in [-0.3, -0.25) is 9.59 Å². The minimum atomic E-state index is -0.319. The van der Waals surface area contributed by atoms with Crippen molar-refractivity contribution in [1.29, 1.82) is 0 Å². The molecule has 116 valence electrons. The van der Waals surface area contributed by atoms with E-state index in [2.05, 4.69) is 19.2 Å². The van der Waals surface area contributed by atoms with Gasteiger partial charge in [0.2, 0.25) is 0 Å². The number of carbonyl (C=O) groups is 2. The van der Waals surface area contributed by atoms with E-state index < -0.39 is 0 Å². The molecule has 1 saturated heterocycles. The van der Waals surface area contributed by atoms with Crippen LogP contribution in [0.2, 0.25) is 0 Å². The zero-order valence-electron chi connectivity index (χ0n) is 13.0. The van der Waals surface area contributed by atoms with Crippen LogP contribution in [-0.4, -0.2) is 60.9 Å². The van der Waals surface area contributed by atoms with Crippen LogP contribution >= 0.6 is 0 Å². The molecule has 1 N–H and O–H groups in total. The lowest BCUT2D eigenvalue weighted by molar-refractivity contribution is -0.151. The highest BCUT2D eigenvalue weighted by atomic mass is 16.2. The molecule has 5 heteroatoms. The molecule has 0 atom stereocenters. The molecular formula is C15H29N3O2. The molecule has 0 aromatic rings. The molecule has 1 fully saturated rings. The Morgan fingerprint density at radius 2 is 1.70 bits per heavy atom. The molecule has 1 aliphatic rings. The largest absolute Gasteiger partial charge is 0.334 e. The molecule has 1 aliphatic heterocycles. The number of unbranched alkanes of at least 4 members (excludes halogenated alkanes) is 2. The van der Waals surface area contributed by atoms with Gasteiger partial charge in [-0.2, -0.15) is 0 Å². The zero-order valence-corrected chi connectivity index (χ0v) is 13.0. The van der Waals surface area contributed by atoms with Gasteiger partial charge >= 0.3 is 11.8 Å². The van der Waals surface area contributed by atoms with Crippen molar-refractivity contribution >= 4 is 11.8 Å². The summed E-state index contributed by atoms with van der Waals surface area (Å²) >= 11 is 0. The van der Waals surface area contributed by atoms with Crippen molar-refractivity contribution < 1.29 is 9.59 Å². The van der Waals surface area contributed by atoms with Gasteiger partial charge < -0.3 is 15.1 Å². The van der Waals surface area contributed by atoms with Crippen LogP contribution in [0.4, 0.5) is 0 Å². The standard InChI is InChI=1S/C15H29N3O2/c1-3-5-10-17(11-6-4-2)14(19)15(20)18-12-7-8-16-9-13-18/h16H,3-13H2,1-2H3. The number of carbonyl (C=O) groups excluding carboxylic acids is 2. The van der Waals surface area contributed by atoms with Gasteiger partial charge in [0.25, 0.3) is 0 Å². The van der Waals surface area contributed by atoms with Gasteiger partial charge in [-0.05, 0) is 25.8 Å². The smallest absolute Gasteiger partial charge is 0.312 e. The van der Waals surface area contributed by atoms with Crippen molar-refractivity contribution in [1.82, 2.24) is 15.1 Å². The van der Waals surface area contributed by atoms with Crippen LogP contribution in [0.25, 0.3) is 0 Å². The molecule has 0 spiro atoms. The summed E-state index contributed by atoms with van der Waals surface area (Å²) in [7, 11) is 0. The van der Waals surface area contributed by atoms with Crippen LogP contribution in [0.15, 0.2) is 0 Å². The van der Waals surface area contributed by atoms with Crippen LogP contribution in [0.1, 0.15) is 46.0 Å². The Morgan fingerprint density at radius 1 is 1.05 bits per heavy atom. The third-order valence-corrected chi connectivity index (χ3v) is 3.66. The monoisotopic (exact) mass is 283 g/mol. The number of rotatable bonds is 6. The third kappa shape index (κ3) is 5.49. The molecule has 1 heterocycles. The van der Waals surface area contributed by atoms with Gasteiger partial charge in [0, 0.05) is 32.7 Å². The van der Waals surface area contributed by atoms with Crippen molar-refractivity contribution in [3.05, 3.63) is 0 Å². The molecule has 2 amide bonds. The fourth-order valence-electron chi connectivity index (χ4n) is 2.33. The molecule has 0 bridgehead atoms. The Labute approximate surface area is 122 Å². The highest BCUT2D eigenvalue weighted by molar-refractivity contribution is 6.34. The molecule has 0 saturated carbocycles. The first-order valence-corrected chi connectivity index (χ1v) is 7.99. The normalized spacial score (nSPS) is 15.8. The van der Waals surface area contributed by atoms with Crippen LogP contribution in [-0.2, 0) is 9.59 Å². The first kappa shape index (κ1) is 17.0. The maximum absolute atomic E-state index is 12.4. The van der Waals surface area contributed by atoms with E-state index in [4.69, 9.17) is 0 Å². The van der Waals surface area contributed by atoms with E-state index in [1.165, 1.54) is 0 Å². The third-order valence-electron chi connectivity index (χ3n) is 3.66. The fourth-order valence-corrected chi connectivity index (χ4v) is 2.33. The lowest BCUT2D eigenvalue weighted by Crippen LogP contribution is -2.47.